The molecule has 0 aliphatic rings. The lowest BCUT2D eigenvalue weighted by Crippen LogP contribution is -2.09. The lowest BCUT2D eigenvalue weighted by atomic mass is 10.1. The number of aryl methyl sites for hydroxylation is 1. The maximum absolute atomic E-state index is 11.8. The zero-order chi connectivity index (χ0) is 12.0. The number of hydrogen-bond donors (Lipinski definition) is 0. The molecule has 0 saturated carbocycles. The van der Waals surface area contributed by atoms with Gasteiger partial charge in [-0.05, 0) is 23.7 Å². The van der Waals surface area contributed by atoms with Crippen molar-refractivity contribution in [2.24, 2.45) is 0 Å². The summed E-state index contributed by atoms with van der Waals surface area (Å²) in [6.07, 6.45) is 0.658. The van der Waals surface area contributed by atoms with Crippen LogP contribution in [-0.2, 0) is 11.2 Å². The highest BCUT2D eigenvalue weighted by molar-refractivity contribution is 8.00. The van der Waals surface area contributed by atoms with Gasteiger partial charge in [0.25, 0.3) is 0 Å². The molecule has 0 radical (unpaired) electrons. The molecule has 1 nitrogen and oxygen atoms in total. The maximum Gasteiger partial charge on any atom is 0.442 e. The van der Waals surface area contributed by atoms with Crippen molar-refractivity contribution in [1.29, 1.82) is 0 Å². The van der Waals surface area contributed by atoms with Crippen molar-refractivity contribution in [3.05, 3.63) is 35.9 Å². The van der Waals surface area contributed by atoms with Crippen molar-refractivity contribution in [3.63, 3.8) is 0 Å². The molecule has 0 fully saturated rings. The SMILES string of the molecule is O=C(CCc1ccccc1)CSC(F)(F)F. The van der Waals surface area contributed by atoms with E-state index in [-0.39, 0.29) is 24.0 Å². The number of thioether (sulfide) groups is 1. The molecule has 0 aliphatic carbocycles. The van der Waals surface area contributed by atoms with Crippen LogP contribution in [0.1, 0.15) is 12.0 Å². The summed E-state index contributed by atoms with van der Waals surface area (Å²) < 4.78 is 35.4. The Labute approximate surface area is 96.0 Å². The largest absolute Gasteiger partial charge is 0.442 e. The number of alkyl halides is 3. The van der Waals surface area contributed by atoms with Gasteiger partial charge in [0.15, 0.2) is 0 Å². The van der Waals surface area contributed by atoms with Crippen LogP contribution in [0.15, 0.2) is 30.3 Å². The van der Waals surface area contributed by atoms with E-state index in [1.807, 2.05) is 30.3 Å². The Hall–Kier alpha value is -0.970. The zero-order valence-corrected chi connectivity index (χ0v) is 9.27. The van der Waals surface area contributed by atoms with Crippen LogP contribution in [0.5, 0.6) is 0 Å². The van der Waals surface area contributed by atoms with Gasteiger partial charge in [0.2, 0.25) is 0 Å². The summed E-state index contributed by atoms with van der Waals surface area (Å²) in [5.41, 5.74) is -3.35. The van der Waals surface area contributed by atoms with Crippen LogP contribution in [0.3, 0.4) is 0 Å². The summed E-state index contributed by atoms with van der Waals surface area (Å²) in [5.74, 6) is -0.859. The third-order valence-corrected chi connectivity index (χ3v) is 2.73. The van der Waals surface area contributed by atoms with Crippen LogP contribution in [0.4, 0.5) is 13.2 Å². The predicted octanol–water partition coefficient (Wildman–Crippen LogP) is 3.44. The molecule has 1 aromatic rings. The Morgan fingerprint density at radius 3 is 2.38 bits per heavy atom. The number of halogens is 3. The van der Waals surface area contributed by atoms with Crippen LogP contribution in [0.25, 0.3) is 0 Å². The van der Waals surface area contributed by atoms with E-state index in [4.69, 9.17) is 0 Å². The van der Waals surface area contributed by atoms with E-state index < -0.39 is 11.3 Å². The van der Waals surface area contributed by atoms with E-state index in [2.05, 4.69) is 0 Å². The molecule has 5 heteroatoms. The van der Waals surface area contributed by atoms with Crippen molar-refractivity contribution >= 4 is 17.5 Å². The minimum absolute atomic E-state index is 0.160. The van der Waals surface area contributed by atoms with Gasteiger partial charge < -0.3 is 0 Å². The standard InChI is InChI=1S/C11H11F3OS/c12-11(13,14)16-8-10(15)7-6-9-4-2-1-3-5-9/h1-5H,6-8H2. The molecule has 0 atom stereocenters. The summed E-state index contributed by atoms with van der Waals surface area (Å²) in [6, 6.07) is 9.23. The fraction of sp³-hybridized carbons (Fsp3) is 0.364. The zero-order valence-electron chi connectivity index (χ0n) is 8.46. The lowest BCUT2D eigenvalue weighted by molar-refractivity contribution is -0.116. The molecule has 1 aromatic carbocycles. The molecule has 0 amide bonds. The van der Waals surface area contributed by atoms with Gasteiger partial charge >= 0.3 is 5.51 Å². The van der Waals surface area contributed by atoms with Gasteiger partial charge in [-0.15, -0.1) is 0 Å². The van der Waals surface area contributed by atoms with E-state index in [0.717, 1.165) is 5.56 Å². The molecule has 0 bridgehead atoms. The first-order chi connectivity index (χ1) is 7.47. The summed E-state index contributed by atoms with van der Waals surface area (Å²) >= 11 is -0.273. The monoisotopic (exact) mass is 248 g/mol. The van der Waals surface area contributed by atoms with Gasteiger partial charge in [-0.25, -0.2) is 0 Å². The molecular formula is C11H11F3OS. The smallest absolute Gasteiger partial charge is 0.299 e. The molecule has 0 N–H and O–H groups in total. The van der Waals surface area contributed by atoms with E-state index in [1.165, 1.54) is 0 Å². The number of hydrogen-bond acceptors (Lipinski definition) is 2. The van der Waals surface area contributed by atoms with Crippen molar-refractivity contribution in [2.45, 2.75) is 18.3 Å². The third-order valence-electron chi connectivity index (χ3n) is 1.93. The van der Waals surface area contributed by atoms with E-state index in [1.54, 1.807) is 0 Å². The number of rotatable bonds is 5. The molecule has 0 unspecified atom stereocenters. The number of Topliss-reactive ketones (excluding diaryl/α,β-unsaturated/α-hetero) is 1. The lowest BCUT2D eigenvalue weighted by Gasteiger charge is -2.04. The van der Waals surface area contributed by atoms with Crippen LogP contribution < -0.4 is 0 Å². The summed E-state index contributed by atoms with van der Waals surface area (Å²) in [6.45, 7) is 0. The molecule has 0 aromatic heterocycles. The fourth-order valence-electron chi connectivity index (χ4n) is 1.16. The molecule has 1 rings (SSSR count). The number of ketones is 1. The highest BCUT2D eigenvalue weighted by Gasteiger charge is 2.28. The van der Waals surface area contributed by atoms with E-state index in [0.29, 0.717) is 6.42 Å². The molecule has 16 heavy (non-hydrogen) atoms. The first-order valence-electron chi connectivity index (χ1n) is 4.74. The maximum atomic E-state index is 11.8. The first kappa shape index (κ1) is 13.1. The molecule has 0 aliphatic heterocycles. The van der Waals surface area contributed by atoms with Crippen molar-refractivity contribution in [2.75, 3.05) is 5.75 Å². The number of carbonyl (C=O) groups is 1. The van der Waals surface area contributed by atoms with Gasteiger partial charge in [-0.1, -0.05) is 30.3 Å². The molecule has 88 valence electrons. The van der Waals surface area contributed by atoms with Crippen LogP contribution in [0, 0.1) is 0 Å². The minimum Gasteiger partial charge on any atom is -0.299 e. The molecule has 0 heterocycles. The highest BCUT2D eigenvalue weighted by atomic mass is 32.2. The van der Waals surface area contributed by atoms with Crippen molar-refractivity contribution in [1.82, 2.24) is 0 Å². The summed E-state index contributed by atoms with van der Waals surface area (Å²) in [4.78, 5) is 11.1. The van der Waals surface area contributed by atoms with Gasteiger partial charge in [-0.3, -0.25) is 4.79 Å². The first-order valence-corrected chi connectivity index (χ1v) is 5.72. The van der Waals surface area contributed by atoms with Crippen molar-refractivity contribution < 1.29 is 18.0 Å². The third kappa shape index (κ3) is 5.80. The minimum atomic E-state index is -4.32. The Morgan fingerprint density at radius 2 is 1.81 bits per heavy atom. The van der Waals surface area contributed by atoms with E-state index in [9.17, 15) is 18.0 Å². The Balaban J connectivity index is 2.26. The van der Waals surface area contributed by atoms with Gasteiger partial charge in [-0.2, -0.15) is 13.2 Å². The summed E-state index contributed by atoms with van der Waals surface area (Å²) in [7, 11) is 0. The topological polar surface area (TPSA) is 17.1 Å². The molecule has 0 spiro atoms. The second-order valence-electron chi connectivity index (χ2n) is 3.26. The number of benzene rings is 1. The normalized spacial score (nSPS) is 11.4. The molecular weight excluding hydrogens is 237 g/mol. The average Bonchev–Trinajstić information content (AvgIpc) is 2.24. The molecule has 0 saturated heterocycles. The Bertz CT molecular complexity index is 335. The summed E-state index contributed by atoms with van der Waals surface area (Å²) in [5, 5.41) is 0. The quantitative estimate of drug-likeness (QED) is 0.794. The Kier molecular flexibility index (Phi) is 4.86. The van der Waals surface area contributed by atoms with Gasteiger partial charge in [0, 0.05) is 6.42 Å². The van der Waals surface area contributed by atoms with Crippen LogP contribution in [-0.4, -0.2) is 17.0 Å². The second kappa shape index (κ2) is 5.94. The van der Waals surface area contributed by atoms with E-state index >= 15 is 0 Å². The van der Waals surface area contributed by atoms with Crippen molar-refractivity contribution in [3.8, 4) is 0 Å². The predicted molar refractivity (Wildman–Crippen MR) is 58.3 cm³/mol. The fourth-order valence-corrected chi connectivity index (χ4v) is 1.63. The Morgan fingerprint density at radius 1 is 1.19 bits per heavy atom. The average molecular weight is 248 g/mol. The number of carbonyl (C=O) groups excluding carboxylic acids is 1. The van der Waals surface area contributed by atoms with Crippen LogP contribution >= 0.6 is 11.8 Å². The van der Waals surface area contributed by atoms with Gasteiger partial charge in [0.1, 0.15) is 5.78 Å². The van der Waals surface area contributed by atoms with Crippen LogP contribution in [0.2, 0.25) is 0 Å². The highest BCUT2D eigenvalue weighted by Crippen LogP contribution is 2.30. The van der Waals surface area contributed by atoms with Gasteiger partial charge in [0.05, 0.1) is 5.75 Å². The second-order valence-corrected chi connectivity index (χ2v) is 4.30.